The first-order valence-corrected chi connectivity index (χ1v) is 12.8. The van der Waals surface area contributed by atoms with Crippen LogP contribution < -0.4 is 4.74 Å². The largest absolute Gasteiger partial charge is 0.493 e. The van der Waals surface area contributed by atoms with E-state index in [4.69, 9.17) is 9.47 Å². The Morgan fingerprint density at radius 1 is 1.20 bits per heavy atom. The molecular formula is C28H35N5O2. The van der Waals surface area contributed by atoms with Crippen LogP contribution in [-0.2, 0) is 4.74 Å². The van der Waals surface area contributed by atoms with Crippen LogP contribution in [0, 0.1) is 5.41 Å². The van der Waals surface area contributed by atoms with E-state index in [0.717, 1.165) is 42.4 Å². The summed E-state index contributed by atoms with van der Waals surface area (Å²) in [6, 6.07) is 9.11. The van der Waals surface area contributed by atoms with E-state index in [2.05, 4.69) is 71.3 Å². The van der Waals surface area contributed by atoms with Crippen LogP contribution in [0.2, 0.25) is 0 Å². The smallest absolute Gasteiger partial charge is 0.203 e. The van der Waals surface area contributed by atoms with Gasteiger partial charge in [-0.05, 0) is 67.1 Å². The van der Waals surface area contributed by atoms with Gasteiger partial charge in [0.2, 0.25) is 5.65 Å². The number of hydrogen-bond donors (Lipinski definition) is 1. The Bertz CT molecular complexity index is 1360. The molecule has 2 aliphatic heterocycles. The number of hydrogen-bond acceptors (Lipinski definition) is 5. The van der Waals surface area contributed by atoms with Crippen LogP contribution in [0.1, 0.15) is 56.6 Å². The highest BCUT2D eigenvalue weighted by molar-refractivity contribution is 5.92. The molecule has 0 aliphatic carbocycles. The van der Waals surface area contributed by atoms with Gasteiger partial charge in [0.15, 0.2) is 5.75 Å². The summed E-state index contributed by atoms with van der Waals surface area (Å²) < 4.78 is 13.0. The number of pyridine rings is 1. The molecule has 0 radical (unpaired) electrons. The predicted molar refractivity (Wildman–Crippen MR) is 138 cm³/mol. The summed E-state index contributed by atoms with van der Waals surface area (Å²) in [6.45, 7) is 12.2. The van der Waals surface area contributed by atoms with Crippen molar-refractivity contribution in [2.24, 2.45) is 5.41 Å². The van der Waals surface area contributed by atoms with Gasteiger partial charge in [-0.2, -0.15) is 0 Å². The molecule has 2 saturated heterocycles. The molecule has 0 bridgehead atoms. The quantitative estimate of drug-likeness (QED) is 0.416. The lowest BCUT2D eigenvalue weighted by Gasteiger charge is -2.43. The second-order valence-electron chi connectivity index (χ2n) is 11.1. The third kappa shape index (κ3) is 4.00. The number of piperidine rings is 1. The number of rotatable bonds is 6. The Labute approximate surface area is 206 Å². The van der Waals surface area contributed by atoms with E-state index >= 15 is 0 Å². The molecule has 5 heterocycles. The zero-order valence-electron chi connectivity index (χ0n) is 21.2. The van der Waals surface area contributed by atoms with Crippen LogP contribution in [0.25, 0.3) is 27.8 Å². The van der Waals surface area contributed by atoms with Gasteiger partial charge in [0.25, 0.3) is 0 Å². The molecule has 3 aromatic heterocycles. The number of benzene rings is 1. The van der Waals surface area contributed by atoms with Crippen molar-refractivity contribution in [1.29, 1.82) is 0 Å². The highest BCUT2D eigenvalue weighted by Gasteiger charge is 2.36. The van der Waals surface area contributed by atoms with Gasteiger partial charge in [0.05, 0.1) is 26.0 Å². The number of methoxy groups -OCH3 is 1. The molecule has 7 heteroatoms. The van der Waals surface area contributed by atoms with Gasteiger partial charge in [0.1, 0.15) is 6.33 Å². The Hall–Kier alpha value is -2.90. The molecule has 4 aromatic rings. The van der Waals surface area contributed by atoms with E-state index in [1.165, 1.54) is 48.0 Å². The number of H-pyrrole nitrogens is 1. The van der Waals surface area contributed by atoms with Crippen molar-refractivity contribution in [2.45, 2.75) is 45.4 Å². The van der Waals surface area contributed by atoms with Crippen LogP contribution in [0.5, 0.6) is 5.75 Å². The molecule has 1 aromatic carbocycles. The number of aromatic nitrogens is 4. The van der Waals surface area contributed by atoms with E-state index in [0.29, 0.717) is 17.3 Å². The fraction of sp³-hybridized carbons (Fsp3) is 0.500. The van der Waals surface area contributed by atoms with Crippen molar-refractivity contribution in [2.75, 3.05) is 40.0 Å². The monoisotopic (exact) mass is 473 g/mol. The predicted octanol–water partition coefficient (Wildman–Crippen LogP) is 5.23. The zero-order chi connectivity index (χ0) is 24.2. The molecule has 2 aliphatic rings. The maximum atomic E-state index is 5.62. The minimum Gasteiger partial charge on any atom is -0.493 e. The number of nitrogens with zero attached hydrogens (tertiary/aromatic N) is 4. The third-order valence-corrected chi connectivity index (χ3v) is 7.87. The molecule has 0 atom stereocenters. The van der Waals surface area contributed by atoms with Crippen molar-refractivity contribution in [3.05, 3.63) is 47.9 Å². The lowest BCUT2D eigenvalue weighted by atomic mass is 9.84. The van der Waals surface area contributed by atoms with Crippen molar-refractivity contribution in [1.82, 2.24) is 24.5 Å². The number of likely N-dealkylation sites (tertiary alicyclic amines) is 1. The maximum absolute atomic E-state index is 5.62. The highest BCUT2D eigenvalue weighted by Crippen LogP contribution is 2.40. The van der Waals surface area contributed by atoms with Crippen molar-refractivity contribution in [3.63, 3.8) is 0 Å². The molecule has 0 spiro atoms. The van der Waals surface area contributed by atoms with Gasteiger partial charge < -0.3 is 19.4 Å². The molecular weight excluding hydrogens is 438 g/mol. The molecule has 1 N–H and O–H groups in total. The first-order valence-electron chi connectivity index (χ1n) is 12.8. The summed E-state index contributed by atoms with van der Waals surface area (Å²) in [7, 11) is 1.68. The van der Waals surface area contributed by atoms with Crippen molar-refractivity contribution < 1.29 is 9.47 Å². The van der Waals surface area contributed by atoms with Gasteiger partial charge >= 0.3 is 0 Å². The number of fused-ring (bicyclic) bond motifs is 2. The second-order valence-corrected chi connectivity index (χ2v) is 11.1. The summed E-state index contributed by atoms with van der Waals surface area (Å²) >= 11 is 0. The van der Waals surface area contributed by atoms with Crippen LogP contribution in [0.4, 0.5) is 0 Å². The minimum atomic E-state index is 0.359. The molecule has 7 nitrogen and oxygen atoms in total. The molecule has 184 valence electrons. The van der Waals surface area contributed by atoms with E-state index < -0.39 is 0 Å². The van der Waals surface area contributed by atoms with Gasteiger partial charge in [-0.15, -0.1) is 10.2 Å². The molecule has 35 heavy (non-hydrogen) atoms. The van der Waals surface area contributed by atoms with Gasteiger partial charge in [-0.1, -0.05) is 26.8 Å². The van der Waals surface area contributed by atoms with Gasteiger partial charge in [-0.25, -0.2) is 0 Å². The number of aromatic amines is 1. The normalized spacial score (nSPS) is 19.0. The number of ether oxygens (including phenoxy) is 2. The van der Waals surface area contributed by atoms with Crippen molar-refractivity contribution >= 4 is 16.6 Å². The summed E-state index contributed by atoms with van der Waals surface area (Å²) in [5.41, 5.74) is 7.32. The topological polar surface area (TPSA) is 67.7 Å². The standard InChI is InChI=1S/C28H35N5O2/c1-18(2)25-22-11-20(19-7-9-32(10-8-19)14-28(3)15-35-16-28)5-6-23(22)30-26(25)21-12-24(34-4)27-31-29-17-33(27)13-21/h5-6,11-13,17-19,30H,7-10,14-16H2,1-4H3. The Balaban J connectivity index is 1.31. The SMILES string of the molecule is COc1cc(-c2[nH]c3ccc(C4CCN(CC5(C)COC5)CC4)cc3c2C(C)C)cn2cnnc12. The number of nitrogens with one attached hydrogen (secondary N) is 1. The summed E-state index contributed by atoms with van der Waals surface area (Å²) in [4.78, 5) is 6.35. The third-order valence-electron chi connectivity index (χ3n) is 7.87. The first-order chi connectivity index (χ1) is 16.9. The van der Waals surface area contributed by atoms with E-state index in [1.807, 2.05) is 4.40 Å². The average Bonchev–Trinajstić information content (AvgIpc) is 3.47. The molecule has 0 saturated carbocycles. The summed E-state index contributed by atoms with van der Waals surface area (Å²) in [5, 5.41) is 9.57. The van der Waals surface area contributed by atoms with Crippen molar-refractivity contribution in [3.8, 4) is 17.0 Å². The fourth-order valence-electron chi connectivity index (χ4n) is 6.01. The minimum absolute atomic E-state index is 0.359. The Morgan fingerprint density at radius 2 is 2.00 bits per heavy atom. The zero-order valence-corrected chi connectivity index (χ0v) is 21.2. The Morgan fingerprint density at radius 3 is 2.69 bits per heavy atom. The average molecular weight is 474 g/mol. The van der Waals surface area contributed by atoms with Gasteiger partial charge in [0, 0.05) is 34.6 Å². The molecule has 2 fully saturated rings. The fourth-order valence-corrected chi connectivity index (χ4v) is 6.01. The van der Waals surface area contributed by atoms with Crippen LogP contribution in [0.15, 0.2) is 36.8 Å². The van der Waals surface area contributed by atoms with E-state index in [9.17, 15) is 0 Å². The van der Waals surface area contributed by atoms with E-state index in [-0.39, 0.29) is 0 Å². The van der Waals surface area contributed by atoms with Crippen LogP contribution in [0.3, 0.4) is 0 Å². The lowest BCUT2D eigenvalue weighted by Crippen LogP contribution is -2.50. The summed E-state index contributed by atoms with van der Waals surface area (Å²) in [6.07, 6.45) is 6.25. The molecule has 0 amide bonds. The van der Waals surface area contributed by atoms with Gasteiger partial charge in [-0.3, -0.25) is 4.40 Å². The summed E-state index contributed by atoms with van der Waals surface area (Å²) in [5.74, 6) is 1.72. The molecule has 6 rings (SSSR count). The maximum Gasteiger partial charge on any atom is 0.203 e. The highest BCUT2D eigenvalue weighted by atomic mass is 16.5. The van der Waals surface area contributed by atoms with Crippen LogP contribution in [-0.4, -0.2) is 64.4 Å². The Kier molecular flexibility index (Phi) is 5.57. The van der Waals surface area contributed by atoms with Crippen LogP contribution >= 0.6 is 0 Å². The first kappa shape index (κ1) is 22.6. The molecule has 0 unspecified atom stereocenters. The second kappa shape index (κ2) is 8.64. The lowest BCUT2D eigenvalue weighted by molar-refractivity contribution is -0.116. The van der Waals surface area contributed by atoms with E-state index in [1.54, 1.807) is 13.4 Å².